The third-order valence-electron chi connectivity index (χ3n) is 4.41. The Morgan fingerprint density at radius 1 is 1.22 bits per heavy atom. The van der Waals surface area contributed by atoms with Crippen LogP contribution in [0.5, 0.6) is 11.5 Å². The first kappa shape index (κ1) is 15.6. The molecule has 1 fully saturated rings. The first-order valence-electron chi connectivity index (χ1n) is 8.10. The van der Waals surface area contributed by atoms with Crippen molar-refractivity contribution in [1.82, 2.24) is 4.90 Å². The van der Waals surface area contributed by atoms with E-state index < -0.39 is 0 Å². The predicted octanol–water partition coefficient (Wildman–Crippen LogP) is 2.54. The summed E-state index contributed by atoms with van der Waals surface area (Å²) in [5, 5.41) is 2.84. The van der Waals surface area contributed by atoms with E-state index in [1.54, 1.807) is 25.1 Å². The van der Waals surface area contributed by atoms with Crippen LogP contribution in [0.4, 0.5) is 5.69 Å². The lowest BCUT2D eigenvalue weighted by atomic mass is 10.2. The van der Waals surface area contributed by atoms with Gasteiger partial charge in [-0.05, 0) is 25.0 Å². The average molecular weight is 318 g/mol. The number of ether oxygens (including phenoxy) is 2. The van der Waals surface area contributed by atoms with Gasteiger partial charge in [0.05, 0.1) is 0 Å². The zero-order valence-corrected chi connectivity index (χ0v) is 13.3. The number of carbonyl (C=O) groups is 2. The molecule has 0 saturated heterocycles. The smallest absolute Gasteiger partial charge is 0.231 e. The molecule has 1 N–H and O–H groups in total. The zero-order chi connectivity index (χ0) is 16.2. The van der Waals surface area contributed by atoms with E-state index >= 15 is 0 Å². The molecule has 3 rings (SSSR count). The monoisotopic (exact) mass is 318 g/mol. The molecule has 0 spiro atoms. The Morgan fingerprint density at radius 3 is 2.70 bits per heavy atom. The molecule has 23 heavy (non-hydrogen) atoms. The van der Waals surface area contributed by atoms with Crippen LogP contribution in [0.2, 0.25) is 0 Å². The zero-order valence-electron chi connectivity index (χ0n) is 13.3. The summed E-state index contributed by atoms with van der Waals surface area (Å²) >= 11 is 0. The predicted molar refractivity (Wildman–Crippen MR) is 85.5 cm³/mol. The molecule has 0 bridgehead atoms. The van der Waals surface area contributed by atoms with Crippen LogP contribution in [0, 0.1) is 0 Å². The molecule has 1 aromatic rings. The highest BCUT2D eigenvalue weighted by Crippen LogP contribution is 2.34. The van der Waals surface area contributed by atoms with Crippen molar-refractivity contribution in [3.8, 4) is 11.5 Å². The fourth-order valence-electron chi connectivity index (χ4n) is 3.23. The maximum Gasteiger partial charge on any atom is 0.231 e. The lowest BCUT2D eigenvalue weighted by molar-refractivity contribution is -0.131. The van der Waals surface area contributed by atoms with Gasteiger partial charge in [-0.25, -0.2) is 0 Å². The number of anilines is 1. The van der Waals surface area contributed by atoms with Gasteiger partial charge >= 0.3 is 0 Å². The summed E-state index contributed by atoms with van der Waals surface area (Å²) < 4.78 is 10.5. The van der Waals surface area contributed by atoms with E-state index in [2.05, 4.69) is 5.32 Å². The average Bonchev–Trinajstić information content (AvgIpc) is 3.17. The lowest BCUT2D eigenvalue weighted by Gasteiger charge is -2.27. The standard InChI is InChI=1S/C17H22N2O4/c1-12(20)19(14-4-2-3-5-14)9-8-17(21)18-13-6-7-15-16(10-13)23-11-22-15/h6-7,10,14H,2-5,8-9,11H2,1H3,(H,18,21). The first-order valence-corrected chi connectivity index (χ1v) is 8.10. The summed E-state index contributed by atoms with van der Waals surface area (Å²) in [5.74, 6) is 1.27. The Bertz CT molecular complexity index is 596. The van der Waals surface area contributed by atoms with Gasteiger partial charge in [0.15, 0.2) is 11.5 Å². The molecule has 2 amide bonds. The highest BCUT2D eigenvalue weighted by molar-refractivity contribution is 5.91. The minimum absolute atomic E-state index is 0.0489. The third-order valence-corrected chi connectivity index (χ3v) is 4.41. The van der Waals surface area contributed by atoms with Crippen LogP contribution in [0.1, 0.15) is 39.0 Å². The van der Waals surface area contributed by atoms with Crippen LogP contribution in [0.15, 0.2) is 18.2 Å². The number of rotatable bonds is 5. The Labute approximate surface area is 135 Å². The Balaban J connectivity index is 1.53. The number of carbonyl (C=O) groups excluding carboxylic acids is 2. The summed E-state index contributed by atoms with van der Waals surface area (Å²) in [6.07, 6.45) is 4.72. The van der Waals surface area contributed by atoms with E-state index in [-0.39, 0.29) is 18.6 Å². The molecule has 1 saturated carbocycles. The van der Waals surface area contributed by atoms with Crippen molar-refractivity contribution >= 4 is 17.5 Å². The second-order valence-corrected chi connectivity index (χ2v) is 6.02. The SMILES string of the molecule is CC(=O)N(CCC(=O)Nc1ccc2c(c1)OCO2)C1CCCC1. The minimum Gasteiger partial charge on any atom is -0.454 e. The fourth-order valence-corrected chi connectivity index (χ4v) is 3.23. The van der Waals surface area contributed by atoms with Crippen molar-refractivity contribution in [2.45, 2.75) is 45.1 Å². The number of benzene rings is 1. The second-order valence-electron chi connectivity index (χ2n) is 6.02. The number of amides is 2. The van der Waals surface area contributed by atoms with Crippen LogP contribution in [-0.2, 0) is 9.59 Å². The van der Waals surface area contributed by atoms with E-state index in [4.69, 9.17) is 9.47 Å². The summed E-state index contributed by atoms with van der Waals surface area (Å²) in [6, 6.07) is 5.61. The van der Waals surface area contributed by atoms with Crippen LogP contribution < -0.4 is 14.8 Å². The van der Waals surface area contributed by atoms with Crippen molar-refractivity contribution in [1.29, 1.82) is 0 Å². The highest BCUT2D eigenvalue weighted by atomic mass is 16.7. The number of nitrogens with zero attached hydrogens (tertiary/aromatic N) is 1. The first-order chi connectivity index (χ1) is 11.1. The lowest BCUT2D eigenvalue weighted by Crippen LogP contribution is -2.39. The van der Waals surface area contributed by atoms with Crippen molar-refractivity contribution in [2.75, 3.05) is 18.7 Å². The molecule has 2 aliphatic rings. The van der Waals surface area contributed by atoms with Gasteiger partial charge in [-0.3, -0.25) is 9.59 Å². The van der Waals surface area contributed by atoms with Gasteiger partial charge in [0, 0.05) is 37.7 Å². The van der Waals surface area contributed by atoms with Gasteiger partial charge in [-0.15, -0.1) is 0 Å². The van der Waals surface area contributed by atoms with Gasteiger partial charge in [0.1, 0.15) is 0 Å². The second kappa shape index (κ2) is 6.89. The minimum atomic E-state index is -0.104. The van der Waals surface area contributed by atoms with E-state index in [0.29, 0.717) is 36.2 Å². The molecule has 124 valence electrons. The van der Waals surface area contributed by atoms with Crippen molar-refractivity contribution in [3.05, 3.63) is 18.2 Å². The largest absolute Gasteiger partial charge is 0.454 e. The highest BCUT2D eigenvalue weighted by Gasteiger charge is 2.24. The van der Waals surface area contributed by atoms with Gasteiger partial charge in [0.2, 0.25) is 18.6 Å². The van der Waals surface area contributed by atoms with Gasteiger partial charge in [-0.2, -0.15) is 0 Å². The third kappa shape index (κ3) is 3.75. The fraction of sp³-hybridized carbons (Fsp3) is 0.529. The maximum absolute atomic E-state index is 12.1. The van der Waals surface area contributed by atoms with Crippen LogP contribution in [0.3, 0.4) is 0 Å². The van der Waals surface area contributed by atoms with Crippen molar-refractivity contribution in [3.63, 3.8) is 0 Å². The molecule has 6 heteroatoms. The molecule has 1 aromatic carbocycles. The molecule has 0 aromatic heterocycles. The maximum atomic E-state index is 12.1. The summed E-state index contributed by atoms with van der Waals surface area (Å²) in [5.41, 5.74) is 0.675. The van der Waals surface area contributed by atoms with Crippen molar-refractivity contribution < 1.29 is 19.1 Å². The molecule has 0 atom stereocenters. The van der Waals surface area contributed by atoms with E-state index in [0.717, 1.165) is 25.7 Å². The van der Waals surface area contributed by atoms with E-state index in [9.17, 15) is 9.59 Å². The van der Waals surface area contributed by atoms with Gasteiger partial charge in [-0.1, -0.05) is 12.8 Å². The molecule has 6 nitrogen and oxygen atoms in total. The molecular weight excluding hydrogens is 296 g/mol. The Morgan fingerprint density at radius 2 is 1.96 bits per heavy atom. The number of hydrogen-bond acceptors (Lipinski definition) is 4. The van der Waals surface area contributed by atoms with Gasteiger partial charge in [0.25, 0.3) is 0 Å². The van der Waals surface area contributed by atoms with Crippen LogP contribution in [-0.4, -0.2) is 36.1 Å². The number of fused-ring (bicyclic) bond motifs is 1. The quantitative estimate of drug-likeness (QED) is 0.906. The molecule has 1 heterocycles. The Kier molecular flexibility index (Phi) is 4.69. The number of hydrogen-bond donors (Lipinski definition) is 1. The topological polar surface area (TPSA) is 67.9 Å². The molecular formula is C17H22N2O4. The molecule has 0 radical (unpaired) electrons. The normalized spacial score (nSPS) is 16.4. The molecule has 1 aliphatic carbocycles. The van der Waals surface area contributed by atoms with Crippen LogP contribution in [0.25, 0.3) is 0 Å². The molecule has 1 aliphatic heterocycles. The van der Waals surface area contributed by atoms with Crippen molar-refractivity contribution in [2.24, 2.45) is 0 Å². The molecule has 0 unspecified atom stereocenters. The summed E-state index contributed by atoms with van der Waals surface area (Å²) in [7, 11) is 0. The summed E-state index contributed by atoms with van der Waals surface area (Å²) in [4.78, 5) is 25.8. The summed E-state index contributed by atoms with van der Waals surface area (Å²) in [6.45, 7) is 2.26. The van der Waals surface area contributed by atoms with Gasteiger partial charge < -0.3 is 19.7 Å². The van der Waals surface area contributed by atoms with E-state index in [1.807, 2.05) is 4.90 Å². The Hall–Kier alpha value is -2.24. The van der Waals surface area contributed by atoms with E-state index in [1.165, 1.54) is 0 Å². The number of nitrogens with one attached hydrogen (secondary N) is 1. The van der Waals surface area contributed by atoms with Crippen LogP contribution >= 0.6 is 0 Å².